The molecule has 0 spiro atoms. The van der Waals surface area contributed by atoms with Crippen LogP contribution < -0.4 is 10.6 Å². The molecule has 0 bridgehead atoms. The van der Waals surface area contributed by atoms with Gasteiger partial charge in [-0.2, -0.15) is 5.10 Å². The van der Waals surface area contributed by atoms with Gasteiger partial charge in [-0.15, -0.1) is 0 Å². The molecule has 0 aliphatic heterocycles. The van der Waals surface area contributed by atoms with Crippen molar-refractivity contribution >= 4 is 17.6 Å². The Labute approximate surface area is 187 Å². The maximum atomic E-state index is 14.0. The fourth-order valence-corrected chi connectivity index (χ4v) is 3.44. The highest BCUT2D eigenvalue weighted by molar-refractivity contribution is 6.30. The van der Waals surface area contributed by atoms with Crippen LogP contribution in [0.25, 0.3) is 0 Å². The number of halogens is 2. The molecule has 0 saturated heterocycles. The summed E-state index contributed by atoms with van der Waals surface area (Å²) in [7, 11) is 5.57. The summed E-state index contributed by atoms with van der Waals surface area (Å²) in [6, 6.07) is 14.8. The Kier molecular flexibility index (Phi) is 8.03. The monoisotopic (exact) mass is 442 g/mol. The van der Waals surface area contributed by atoms with E-state index in [1.807, 2.05) is 66.3 Å². The number of nitrogens with one attached hydrogen (secondary N) is 2. The van der Waals surface area contributed by atoms with E-state index in [9.17, 15) is 4.39 Å². The van der Waals surface area contributed by atoms with Gasteiger partial charge in [0.2, 0.25) is 0 Å². The smallest absolute Gasteiger partial charge is 0.191 e. The van der Waals surface area contributed by atoms with Crippen LogP contribution in [0.1, 0.15) is 22.7 Å². The Morgan fingerprint density at radius 3 is 2.61 bits per heavy atom. The number of aliphatic imine (C=N–C) groups is 1. The highest BCUT2D eigenvalue weighted by atomic mass is 35.5. The van der Waals surface area contributed by atoms with E-state index in [0.717, 1.165) is 11.1 Å². The first kappa shape index (κ1) is 22.8. The molecular weight excluding hydrogens is 415 g/mol. The number of hydrogen-bond donors (Lipinski definition) is 2. The average Bonchev–Trinajstić information content (AvgIpc) is 3.28. The van der Waals surface area contributed by atoms with Crippen LogP contribution >= 0.6 is 11.6 Å². The Morgan fingerprint density at radius 2 is 1.97 bits per heavy atom. The van der Waals surface area contributed by atoms with E-state index in [0.29, 0.717) is 36.2 Å². The number of hydrogen-bond acceptors (Lipinski definition) is 3. The minimum atomic E-state index is -0.190. The van der Waals surface area contributed by atoms with Gasteiger partial charge in [0.1, 0.15) is 5.82 Å². The third kappa shape index (κ3) is 6.54. The number of guanidine groups is 1. The zero-order valence-corrected chi connectivity index (χ0v) is 18.8. The van der Waals surface area contributed by atoms with Crippen molar-refractivity contribution in [3.63, 3.8) is 0 Å². The van der Waals surface area contributed by atoms with Gasteiger partial charge >= 0.3 is 0 Å². The largest absolute Gasteiger partial charge is 0.354 e. The molecule has 0 fully saturated rings. The van der Waals surface area contributed by atoms with Crippen molar-refractivity contribution in [2.75, 3.05) is 27.7 Å². The maximum Gasteiger partial charge on any atom is 0.191 e. The maximum absolute atomic E-state index is 14.0. The second-order valence-corrected chi connectivity index (χ2v) is 7.96. The third-order valence-corrected chi connectivity index (χ3v) is 5.09. The van der Waals surface area contributed by atoms with Crippen LogP contribution in [0.5, 0.6) is 0 Å². The minimum absolute atomic E-state index is 0.0247. The molecule has 3 aromatic rings. The molecule has 164 valence electrons. The third-order valence-electron chi connectivity index (χ3n) is 4.84. The Hall–Kier alpha value is -2.90. The molecule has 0 amide bonds. The van der Waals surface area contributed by atoms with Crippen molar-refractivity contribution in [1.29, 1.82) is 0 Å². The molecule has 31 heavy (non-hydrogen) atoms. The van der Waals surface area contributed by atoms with Crippen molar-refractivity contribution in [1.82, 2.24) is 25.3 Å². The summed E-state index contributed by atoms with van der Waals surface area (Å²) in [5.74, 6) is 0.467. The summed E-state index contributed by atoms with van der Waals surface area (Å²) >= 11 is 6.05. The van der Waals surface area contributed by atoms with Crippen molar-refractivity contribution in [3.8, 4) is 0 Å². The average molecular weight is 443 g/mol. The molecule has 0 aliphatic carbocycles. The molecule has 8 heteroatoms. The molecule has 0 aliphatic rings. The van der Waals surface area contributed by atoms with Crippen molar-refractivity contribution in [3.05, 3.63) is 88.5 Å². The van der Waals surface area contributed by atoms with E-state index in [1.54, 1.807) is 19.3 Å². The number of benzene rings is 2. The highest BCUT2D eigenvalue weighted by Crippen LogP contribution is 2.19. The Balaban J connectivity index is 1.64. The van der Waals surface area contributed by atoms with E-state index in [1.165, 1.54) is 6.07 Å². The summed E-state index contributed by atoms with van der Waals surface area (Å²) in [5.41, 5.74) is 2.75. The van der Waals surface area contributed by atoms with Crippen LogP contribution in [-0.4, -0.2) is 48.3 Å². The second-order valence-electron chi connectivity index (χ2n) is 7.52. The molecule has 0 radical (unpaired) electrons. The lowest BCUT2D eigenvalue weighted by Gasteiger charge is -2.21. The van der Waals surface area contributed by atoms with E-state index >= 15 is 0 Å². The summed E-state index contributed by atoms with van der Waals surface area (Å²) in [6.07, 6.45) is 3.69. The van der Waals surface area contributed by atoms with Gasteiger partial charge in [0.25, 0.3) is 0 Å². The number of nitrogens with zero attached hydrogens (tertiary/aromatic N) is 4. The van der Waals surface area contributed by atoms with Crippen LogP contribution in [0.15, 0.2) is 65.9 Å². The summed E-state index contributed by atoms with van der Waals surface area (Å²) in [6.45, 7) is 1.67. The molecular formula is C23H28ClFN6. The van der Waals surface area contributed by atoms with Crippen molar-refractivity contribution < 1.29 is 4.39 Å². The number of rotatable bonds is 8. The zero-order chi connectivity index (χ0) is 22.2. The predicted octanol–water partition coefficient (Wildman–Crippen LogP) is 3.69. The Bertz CT molecular complexity index is 986. The lowest BCUT2D eigenvalue weighted by molar-refractivity contribution is 0.392. The van der Waals surface area contributed by atoms with Gasteiger partial charge < -0.3 is 15.5 Å². The van der Waals surface area contributed by atoms with Gasteiger partial charge in [0.15, 0.2) is 5.96 Å². The van der Waals surface area contributed by atoms with E-state index < -0.39 is 0 Å². The van der Waals surface area contributed by atoms with Crippen molar-refractivity contribution in [2.45, 2.75) is 19.1 Å². The fourth-order valence-electron chi connectivity index (χ4n) is 3.31. The van der Waals surface area contributed by atoms with Gasteiger partial charge in [-0.3, -0.25) is 9.67 Å². The van der Waals surface area contributed by atoms with Gasteiger partial charge in [0.05, 0.1) is 6.04 Å². The van der Waals surface area contributed by atoms with E-state index in [-0.39, 0.29) is 11.9 Å². The first-order valence-electron chi connectivity index (χ1n) is 10.1. The van der Waals surface area contributed by atoms with Gasteiger partial charge in [0, 0.05) is 49.7 Å². The molecule has 6 nitrogen and oxygen atoms in total. The topological polar surface area (TPSA) is 57.5 Å². The van der Waals surface area contributed by atoms with Gasteiger partial charge in [-0.05, 0) is 55.6 Å². The minimum Gasteiger partial charge on any atom is -0.354 e. The normalized spacial score (nSPS) is 12.8. The fraction of sp³-hybridized carbons (Fsp3) is 0.304. The zero-order valence-electron chi connectivity index (χ0n) is 18.0. The SMILES string of the molecule is CN=C(NCc1ccc(F)c(CN(C)C)c1)NCC(c1ccc(Cl)cc1)n1cccn1. The second kappa shape index (κ2) is 10.9. The van der Waals surface area contributed by atoms with E-state index in [2.05, 4.69) is 20.7 Å². The molecule has 2 aromatic carbocycles. The highest BCUT2D eigenvalue weighted by Gasteiger charge is 2.15. The van der Waals surface area contributed by atoms with Crippen LogP contribution in [0.4, 0.5) is 4.39 Å². The quantitative estimate of drug-likeness (QED) is 0.412. The Morgan fingerprint density at radius 1 is 1.19 bits per heavy atom. The number of aromatic nitrogens is 2. The standard InChI is InChI=1S/C23H28ClFN6/c1-26-23(27-14-17-5-10-21(25)19(13-17)16-30(2)3)28-15-22(31-12-4-11-29-31)18-6-8-20(24)9-7-18/h4-13,22H,14-16H2,1-3H3,(H2,26,27,28). The lowest BCUT2D eigenvalue weighted by atomic mass is 10.1. The molecule has 1 atom stereocenters. The summed E-state index contributed by atoms with van der Waals surface area (Å²) in [5, 5.41) is 11.8. The van der Waals surface area contributed by atoms with Crippen molar-refractivity contribution in [2.24, 2.45) is 4.99 Å². The summed E-state index contributed by atoms with van der Waals surface area (Å²) in [4.78, 5) is 6.26. The molecule has 1 heterocycles. The molecule has 1 aromatic heterocycles. The first-order valence-corrected chi connectivity index (χ1v) is 10.4. The van der Waals surface area contributed by atoms with Crippen LogP contribution in [0.3, 0.4) is 0 Å². The molecule has 1 unspecified atom stereocenters. The van der Waals surface area contributed by atoms with Crippen LogP contribution in [0, 0.1) is 5.82 Å². The van der Waals surface area contributed by atoms with E-state index in [4.69, 9.17) is 11.6 Å². The lowest BCUT2D eigenvalue weighted by Crippen LogP contribution is -2.40. The molecule has 0 saturated carbocycles. The first-order chi connectivity index (χ1) is 15.0. The van der Waals surface area contributed by atoms with Gasteiger partial charge in [-0.1, -0.05) is 29.8 Å². The molecule has 3 rings (SSSR count). The predicted molar refractivity (Wildman–Crippen MR) is 124 cm³/mol. The summed E-state index contributed by atoms with van der Waals surface area (Å²) < 4.78 is 15.9. The van der Waals surface area contributed by atoms with Gasteiger partial charge in [-0.25, -0.2) is 4.39 Å². The van der Waals surface area contributed by atoms with Crippen LogP contribution in [0.2, 0.25) is 5.02 Å². The molecule has 2 N–H and O–H groups in total. The van der Waals surface area contributed by atoms with Crippen LogP contribution in [-0.2, 0) is 13.1 Å².